The van der Waals surface area contributed by atoms with Crippen LogP contribution < -0.4 is 4.72 Å². The van der Waals surface area contributed by atoms with Gasteiger partial charge in [0, 0.05) is 22.8 Å². The highest BCUT2D eigenvalue weighted by molar-refractivity contribution is 7.89. The van der Waals surface area contributed by atoms with E-state index in [-0.39, 0.29) is 27.9 Å². The fourth-order valence-corrected chi connectivity index (χ4v) is 4.68. The molecule has 0 radical (unpaired) electrons. The molecule has 0 aliphatic heterocycles. The maximum absolute atomic E-state index is 13.3. The number of nitrogens with one attached hydrogen (secondary N) is 1. The van der Waals surface area contributed by atoms with Gasteiger partial charge in [-0.2, -0.15) is 36.3 Å². The normalized spacial score (nSPS) is 15.0. The van der Waals surface area contributed by atoms with Crippen molar-refractivity contribution in [3.8, 4) is 17.3 Å². The van der Waals surface area contributed by atoms with E-state index in [9.17, 15) is 40.0 Å². The van der Waals surface area contributed by atoms with Gasteiger partial charge in [0.1, 0.15) is 17.8 Å². The van der Waals surface area contributed by atoms with E-state index in [1.165, 1.54) is 21.4 Å². The summed E-state index contributed by atoms with van der Waals surface area (Å²) in [5, 5.41) is 9.73. The summed E-state index contributed by atoms with van der Waals surface area (Å²) in [5.41, 5.74) is -0.162. The Bertz CT molecular complexity index is 1530. The van der Waals surface area contributed by atoms with E-state index >= 15 is 0 Å². The quantitative estimate of drug-likeness (QED) is 0.474. The third-order valence-electron chi connectivity index (χ3n) is 5.30. The number of nitriles is 1. The van der Waals surface area contributed by atoms with Gasteiger partial charge in [0.25, 0.3) is 0 Å². The Kier molecular flexibility index (Phi) is 5.77. The fraction of sp³-hybridized carbons (Fsp3) is 0.182. The summed E-state index contributed by atoms with van der Waals surface area (Å²) in [6.45, 7) is 0.658. The zero-order chi connectivity index (χ0) is 25.8. The molecule has 6 nitrogen and oxygen atoms in total. The number of allylic oxidation sites excluding steroid dienone is 4. The summed E-state index contributed by atoms with van der Waals surface area (Å²) < 4.78 is 106. The lowest BCUT2D eigenvalue weighted by Crippen LogP contribution is -2.42. The van der Waals surface area contributed by atoms with Crippen LogP contribution in [-0.4, -0.2) is 30.2 Å². The molecule has 0 fully saturated rings. The van der Waals surface area contributed by atoms with E-state index in [0.29, 0.717) is 18.8 Å². The van der Waals surface area contributed by atoms with E-state index in [0.717, 1.165) is 18.2 Å². The minimum Gasteiger partial charge on any atom is -0.293 e. The van der Waals surface area contributed by atoms with E-state index in [2.05, 4.69) is 4.98 Å². The number of fused-ring (bicyclic) bond motifs is 1. The van der Waals surface area contributed by atoms with Gasteiger partial charge in [-0.1, -0.05) is 18.2 Å². The molecule has 0 amide bonds. The Morgan fingerprint density at radius 3 is 2.23 bits per heavy atom. The van der Waals surface area contributed by atoms with Crippen LogP contribution in [-0.2, 0) is 16.2 Å². The molecular formula is C22H14F6N4O2S. The number of halogens is 6. The third kappa shape index (κ3) is 4.42. The number of alkyl halides is 6. The SMILES string of the molecule is C[C@H](NS(=O)(=O)c1ccc(-c2c(C#N)c3cc(C(F)(F)F)cnc3n2C2=CC=C2)cc1)C(F)(F)F. The average molecular weight is 512 g/mol. The minimum absolute atomic E-state index is 0.0594. The summed E-state index contributed by atoms with van der Waals surface area (Å²) in [7, 11) is -4.53. The standard InChI is InChI=1S/C22H14F6N4O2S/c1-12(21(23,24)25)31-35(33,34)16-7-5-13(6-8-16)19-18(10-29)17-9-14(22(26,27)28)11-30-20(17)32(19)15-3-2-4-15/h2-9,11-12,31H,1H3/t12-/m0/s1. The molecule has 0 bridgehead atoms. The van der Waals surface area contributed by atoms with Crippen molar-refractivity contribution in [1.29, 1.82) is 5.26 Å². The number of aromatic nitrogens is 2. The van der Waals surface area contributed by atoms with E-state index in [4.69, 9.17) is 0 Å². The average Bonchev–Trinajstić information content (AvgIpc) is 3.04. The Morgan fingerprint density at radius 2 is 1.74 bits per heavy atom. The molecule has 0 saturated heterocycles. The second kappa shape index (κ2) is 8.24. The molecule has 1 N–H and O–H groups in total. The summed E-state index contributed by atoms with van der Waals surface area (Å²) in [6.07, 6.45) is -3.88. The molecule has 182 valence electrons. The maximum Gasteiger partial charge on any atom is 0.417 e. The summed E-state index contributed by atoms with van der Waals surface area (Å²) in [4.78, 5) is 3.46. The van der Waals surface area contributed by atoms with Crippen LogP contribution in [0.5, 0.6) is 0 Å². The molecule has 2 aromatic heterocycles. The van der Waals surface area contributed by atoms with Crippen LogP contribution in [0.1, 0.15) is 18.1 Å². The van der Waals surface area contributed by atoms with Crippen LogP contribution in [0.4, 0.5) is 26.3 Å². The lowest BCUT2D eigenvalue weighted by Gasteiger charge is -2.18. The number of rotatable bonds is 5. The molecule has 3 aromatic rings. The molecule has 2 heterocycles. The molecule has 35 heavy (non-hydrogen) atoms. The molecule has 0 saturated carbocycles. The molecule has 1 aromatic carbocycles. The predicted molar refractivity (Wildman–Crippen MR) is 114 cm³/mol. The van der Waals surface area contributed by atoms with Crippen LogP contribution in [0.2, 0.25) is 0 Å². The first-order valence-corrected chi connectivity index (χ1v) is 11.3. The Balaban J connectivity index is 1.85. The number of sulfonamides is 1. The number of pyridine rings is 1. The zero-order valence-corrected chi connectivity index (χ0v) is 18.4. The van der Waals surface area contributed by atoms with Crippen LogP contribution in [0.25, 0.3) is 28.0 Å². The highest BCUT2D eigenvalue weighted by atomic mass is 32.2. The van der Waals surface area contributed by atoms with Gasteiger partial charge in [-0.15, -0.1) is 0 Å². The summed E-state index contributed by atoms with van der Waals surface area (Å²) >= 11 is 0. The first-order valence-electron chi connectivity index (χ1n) is 9.84. The lowest BCUT2D eigenvalue weighted by atomic mass is 10.1. The molecule has 1 aliphatic rings. The number of hydrogen-bond donors (Lipinski definition) is 1. The van der Waals surface area contributed by atoms with Crippen molar-refractivity contribution in [2.45, 2.75) is 30.2 Å². The van der Waals surface area contributed by atoms with Crippen LogP contribution >= 0.6 is 0 Å². The monoisotopic (exact) mass is 512 g/mol. The van der Waals surface area contributed by atoms with Crippen molar-refractivity contribution in [3.63, 3.8) is 0 Å². The van der Waals surface area contributed by atoms with Crippen molar-refractivity contribution >= 4 is 26.8 Å². The van der Waals surface area contributed by atoms with Crippen molar-refractivity contribution in [2.75, 3.05) is 0 Å². The summed E-state index contributed by atoms with van der Waals surface area (Å²) in [6, 6.07) is 4.98. The highest BCUT2D eigenvalue weighted by Crippen LogP contribution is 2.39. The zero-order valence-electron chi connectivity index (χ0n) is 17.6. The Hall–Kier alpha value is -3.63. The van der Waals surface area contributed by atoms with Gasteiger partial charge in [0.15, 0.2) is 0 Å². The molecule has 4 rings (SSSR count). The highest BCUT2D eigenvalue weighted by Gasteiger charge is 2.39. The van der Waals surface area contributed by atoms with Crippen molar-refractivity contribution < 1.29 is 34.8 Å². The first-order chi connectivity index (χ1) is 16.2. The molecule has 1 aliphatic carbocycles. The van der Waals surface area contributed by atoms with Crippen molar-refractivity contribution in [2.24, 2.45) is 0 Å². The largest absolute Gasteiger partial charge is 0.417 e. The van der Waals surface area contributed by atoms with Crippen molar-refractivity contribution in [1.82, 2.24) is 14.3 Å². The number of nitrogens with zero attached hydrogens (tertiary/aromatic N) is 3. The summed E-state index contributed by atoms with van der Waals surface area (Å²) in [5.74, 6) is 0. The van der Waals surface area contributed by atoms with Gasteiger partial charge in [-0.25, -0.2) is 13.4 Å². The molecular weight excluding hydrogens is 498 g/mol. The minimum atomic E-state index is -4.79. The molecule has 0 unspecified atom stereocenters. The van der Waals surface area contributed by atoms with Crippen LogP contribution in [0.15, 0.2) is 59.7 Å². The van der Waals surface area contributed by atoms with E-state index < -0.39 is 38.9 Å². The van der Waals surface area contributed by atoms with Gasteiger partial charge in [-0.3, -0.25) is 4.57 Å². The van der Waals surface area contributed by atoms with Gasteiger partial charge in [0.05, 0.1) is 21.7 Å². The number of benzene rings is 1. The van der Waals surface area contributed by atoms with Crippen LogP contribution in [0, 0.1) is 11.3 Å². The third-order valence-corrected chi connectivity index (χ3v) is 6.86. The van der Waals surface area contributed by atoms with E-state index in [1.54, 1.807) is 18.2 Å². The predicted octanol–water partition coefficient (Wildman–Crippen LogP) is 5.23. The number of hydrogen-bond acceptors (Lipinski definition) is 4. The Labute approximate surface area is 194 Å². The van der Waals surface area contributed by atoms with Gasteiger partial charge < -0.3 is 0 Å². The maximum atomic E-state index is 13.3. The first kappa shape index (κ1) is 24.5. The Morgan fingerprint density at radius 1 is 1.11 bits per heavy atom. The van der Waals surface area contributed by atoms with Gasteiger partial charge in [0.2, 0.25) is 10.0 Å². The van der Waals surface area contributed by atoms with Gasteiger partial charge in [-0.05, 0) is 37.3 Å². The smallest absolute Gasteiger partial charge is 0.293 e. The van der Waals surface area contributed by atoms with Crippen molar-refractivity contribution in [3.05, 3.63) is 65.9 Å². The fourth-order valence-electron chi connectivity index (χ4n) is 3.45. The topological polar surface area (TPSA) is 87.8 Å². The second-order valence-electron chi connectivity index (χ2n) is 7.62. The van der Waals surface area contributed by atoms with Gasteiger partial charge >= 0.3 is 12.4 Å². The molecule has 13 heteroatoms. The van der Waals surface area contributed by atoms with Crippen LogP contribution in [0.3, 0.4) is 0 Å². The molecule has 0 spiro atoms. The second-order valence-corrected chi connectivity index (χ2v) is 9.34. The lowest BCUT2D eigenvalue weighted by molar-refractivity contribution is -0.147. The molecule has 1 atom stereocenters. The van der Waals surface area contributed by atoms with E-state index in [1.807, 2.05) is 6.07 Å².